The first-order chi connectivity index (χ1) is 13.4. The number of ether oxygens (including phenoxy) is 1. The Hall–Kier alpha value is -1.81. The van der Waals surface area contributed by atoms with Gasteiger partial charge in [-0.15, -0.1) is 0 Å². The summed E-state index contributed by atoms with van der Waals surface area (Å²) in [6, 6.07) is 8.80. The van der Waals surface area contributed by atoms with Crippen molar-refractivity contribution in [3.05, 3.63) is 36.2 Å². The zero-order valence-electron chi connectivity index (χ0n) is 16.3. The molecular weight excluding hydrogens is 336 g/mol. The molecule has 1 aromatic heterocycles. The van der Waals surface area contributed by atoms with Crippen molar-refractivity contribution in [3.8, 4) is 17.2 Å². The molecule has 1 heterocycles. The maximum Gasteiger partial charge on any atom is 0.226 e. The molecule has 1 N–H and O–H groups in total. The smallest absolute Gasteiger partial charge is 0.226 e. The molecule has 4 nitrogen and oxygen atoms in total. The van der Waals surface area contributed by atoms with Gasteiger partial charge in [-0.05, 0) is 62.8 Å². The number of hydrogen-bond acceptors (Lipinski definition) is 4. The highest BCUT2D eigenvalue weighted by molar-refractivity contribution is 5.54. The minimum Gasteiger partial charge on any atom is -0.490 e. The van der Waals surface area contributed by atoms with E-state index in [9.17, 15) is 0 Å². The van der Waals surface area contributed by atoms with E-state index in [4.69, 9.17) is 9.15 Å². The third kappa shape index (κ3) is 5.35. The van der Waals surface area contributed by atoms with Crippen LogP contribution in [0.3, 0.4) is 0 Å². The Labute approximate surface area is 162 Å². The lowest BCUT2D eigenvalue weighted by atomic mass is 9.98. The van der Waals surface area contributed by atoms with Crippen molar-refractivity contribution < 1.29 is 9.15 Å². The lowest BCUT2D eigenvalue weighted by Gasteiger charge is -2.22. The molecule has 0 radical (unpaired) electrons. The van der Waals surface area contributed by atoms with Crippen molar-refractivity contribution in [3.63, 3.8) is 0 Å². The van der Waals surface area contributed by atoms with Gasteiger partial charge in [0.2, 0.25) is 5.89 Å². The standard InChI is InChI=1S/C23H32N2O2/c1-2-5-9-19(8-4-1)24-16-20-17-26-23(25-20)18-12-14-22(15-13-18)27-21-10-6-3-7-11-21/h12-15,17,19,21,24H,1-11,16H2. The quantitative estimate of drug-likeness (QED) is 0.648. The van der Waals surface area contributed by atoms with E-state index in [1.54, 1.807) is 6.26 Å². The van der Waals surface area contributed by atoms with Gasteiger partial charge >= 0.3 is 0 Å². The van der Waals surface area contributed by atoms with Crippen LogP contribution in [-0.4, -0.2) is 17.1 Å². The molecule has 0 amide bonds. The molecule has 4 rings (SSSR count). The highest BCUT2D eigenvalue weighted by Crippen LogP contribution is 2.26. The summed E-state index contributed by atoms with van der Waals surface area (Å²) in [5, 5.41) is 3.65. The third-order valence-corrected chi connectivity index (χ3v) is 5.93. The number of oxazole rings is 1. The van der Waals surface area contributed by atoms with Crippen molar-refractivity contribution >= 4 is 0 Å². The Balaban J connectivity index is 1.30. The Bertz CT molecular complexity index is 681. The summed E-state index contributed by atoms with van der Waals surface area (Å²) in [6.07, 6.45) is 16.5. The van der Waals surface area contributed by atoms with Gasteiger partial charge in [0.1, 0.15) is 12.0 Å². The number of rotatable bonds is 6. The summed E-state index contributed by atoms with van der Waals surface area (Å²) in [4.78, 5) is 4.66. The SMILES string of the molecule is c1cc(-c2nc(CNC3CCCCCC3)co2)ccc1OC1CCCCC1. The molecule has 1 aromatic carbocycles. The molecule has 2 fully saturated rings. The first-order valence-corrected chi connectivity index (χ1v) is 10.8. The Morgan fingerprint density at radius 2 is 1.56 bits per heavy atom. The maximum absolute atomic E-state index is 6.11. The molecule has 4 heteroatoms. The van der Waals surface area contributed by atoms with E-state index in [-0.39, 0.29) is 0 Å². The average Bonchev–Trinajstić information content (AvgIpc) is 3.03. The van der Waals surface area contributed by atoms with E-state index in [2.05, 4.69) is 10.3 Å². The molecule has 0 bridgehead atoms. The molecule has 146 valence electrons. The van der Waals surface area contributed by atoms with Gasteiger partial charge in [0.25, 0.3) is 0 Å². The van der Waals surface area contributed by atoms with Crippen LogP contribution in [0.25, 0.3) is 11.5 Å². The minimum absolute atomic E-state index is 0.382. The summed E-state index contributed by atoms with van der Waals surface area (Å²) in [7, 11) is 0. The highest BCUT2D eigenvalue weighted by atomic mass is 16.5. The zero-order chi connectivity index (χ0) is 18.3. The number of benzene rings is 1. The normalized spacial score (nSPS) is 19.7. The number of aromatic nitrogens is 1. The van der Waals surface area contributed by atoms with Gasteiger partial charge < -0.3 is 14.5 Å². The topological polar surface area (TPSA) is 47.3 Å². The van der Waals surface area contributed by atoms with Crippen LogP contribution >= 0.6 is 0 Å². The van der Waals surface area contributed by atoms with E-state index in [1.165, 1.54) is 70.6 Å². The zero-order valence-corrected chi connectivity index (χ0v) is 16.3. The van der Waals surface area contributed by atoms with Gasteiger partial charge in [-0.1, -0.05) is 32.1 Å². The minimum atomic E-state index is 0.382. The molecule has 0 aliphatic heterocycles. The van der Waals surface area contributed by atoms with Gasteiger partial charge in [-0.25, -0.2) is 4.98 Å². The lowest BCUT2D eigenvalue weighted by Crippen LogP contribution is -2.27. The van der Waals surface area contributed by atoms with E-state index < -0.39 is 0 Å². The van der Waals surface area contributed by atoms with Crippen molar-refractivity contribution in [2.45, 2.75) is 89.3 Å². The molecular formula is C23H32N2O2. The van der Waals surface area contributed by atoms with E-state index in [0.29, 0.717) is 18.0 Å². The molecule has 0 atom stereocenters. The van der Waals surface area contributed by atoms with E-state index in [0.717, 1.165) is 23.6 Å². The van der Waals surface area contributed by atoms with Crippen LogP contribution in [0.4, 0.5) is 0 Å². The second-order valence-electron chi connectivity index (χ2n) is 8.12. The van der Waals surface area contributed by atoms with Gasteiger partial charge in [0.15, 0.2) is 0 Å². The van der Waals surface area contributed by atoms with Gasteiger partial charge in [0.05, 0.1) is 11.8 Å². The number of nitrogens with one attached hydrogen (secondary N) is 1. The molecule has 0 saturated heterocycles. The third-order valence-electron chi connectivity index (χ3n) is 5.93. The van der Waals surface area contributed by atoms with Crippen LogP contribution in [-0.2, 0) is 6.54 Å². The summed E-state index contributed by atoms with van der Waals surface area (Å²) in [5.74, 6) is 1.64. The summed E-state index contributed by atoms with van der Waals surface area (Å²) in [5.41, 5.74) is 1.99. The predicted molar refractivity (Wildman–Crippen MR) is 108 cm³/mol. The molecule has 0 spiro atoms. The van der Waals surface area contributed by atoms with Gasteiger partial charge in [0, 0.05) is 18.2 Å². The number of hydrogen-bond donors (Lipinski definition) is 1. The Morgan fingerprint density at radius 1 is 0.889 bits per heavy atom. The van der Waals surface area contributed by atoms with Crippen molar-refractivity contribution in [2.75, 3.05) is 0 Å². The summed E-state index contributed by atoms with van der Waals surface area (Å²) >= 11 is 0. The van der Waals surface area contributed by atoms with E-state index in [1.807, 2.05) is 24.3 Å². The first-order valence-electron chi connectivity index (χ1n) is 10.8. The Morgan fingerprint density at radius 3 is 2.30 bits per heavy atom. The van der Waals surface area contributed by atoms with Crippen molar-refractivity contribution in [1.29, 1.82) is 0 Å². The second-order valence-corrected chi connectivity index (χ2v) is 8.12. The molecule has 2 aliphatic carbocycles. The fourth-order valence-corrected chi connectivity index (χ4v) is 4.30. The predicted octanol–water partition coefficient (Wildman–Crippen LogP) is 5.87. The van der Waals surface area contributed by atoms with Crippen molar-refractivity contribution in [1.82, 2.24) is 10.3 Å². The van der Waals surface area contributed by atoms with Gasteiger partial charge in [-0.2, -0.15) is 0 Å². The monoisotopic (exact) mass is 368 g/mol. The molecule has 2 saturated carbocycles. The van der Waals surface area contributed by atoms with E-state index >= 15 is 0 Å². The molecule has 0 unspecified atom stereocenters. The fraction of sp³-hybridized carbons (Fsp3) is 0.609. The molecule has 27 heavy (non-hydrogen) atoms. The van der Waals surface area contributed by atoms with Crippen LogP contribution in [0, 0.1) is 0 Å². The highest BCUT2D eigenvalue weighted by Gasteiger charge is 2.16. The van der Waals surface area contributed by atoms with Crippen LogP contribution in [0.1, 0.15) is 76.3 Å². The number of nitrogens with zero attached hydrogens (tertiary/aromatic N) is 1. The second kappa shape index (κ2) is 9.41. The fourth-order valence-electron chi connectivity index (χ4n) is 4.30. The van der Waals surface area contributed by atoms with Crippen molar-refractivity contribution in [2.24, 2.45) is 0 Å². The maximum atomic E-state index is 6.11. The summed E-state index contributed by atoms with van der Waals surface area (Å²) in [6.45, 7) is 0.789. The van der Waals surface area contributed by atoms with Crippen LogP contribution in [0.15, 0.2) is 34.9 Å². The molecule has 2 aromatic rings. The van der Waals surface area contributed by atoms with Crippen LogP contribution < -0.4 is 10.1 Å². The largest absolute Gasteiger partial charge is 0.490 e. The average molecular weight is 369 g/mol. The first kappa shape index (κ1) is 18.5. The summed E-state index contributed by atoms with van der Waals surface area (Å²) < 4.78 is 11.8. The lowest BCUT2D eigenvalue weighted by molar-refractivity contribution is 0.155. The van der Waals surface area contributed by atoms with Crippen LogP contribution in [0.2, 0.25) is 0 Å². The molecule has 2 aliphatic rings. The van der Waals surface area contributed by atoms with Crippen LogP contribution in [0.5, 0.6) is 5.75 Å². The Kier molecular flexibility index (Phi) is 6.46. The van der Waals surface area contributed by atoms with Gasteiger partial charge in [-0.3, -0.25) is 0 Å².